The minimum atomic E-state index is 0.949. The van der Waals surface area contributed by atoms with Crippen molar-refractivity contribution in [1.82, 2.24) is 13.7 Å². The van der Waals surface area contributed by atoms with Crippen LogP contribution in [-0.4, -0.2) is 13.7 Å². The molecule has 0 fully saturated rings. The van der Waals surface area contributed by atoms with Crippen molar-refractivity contribution in [2.45, 2.75) is 12.8 Å². The van der Waals surface area contributed by atoms with Crippen LogP contribution in [0.15, 0.2) is 162 Å². The molecule has 1 aliphatic carbocycles. The molecule has 0 bridgehead atoms. The van der Waals surface area contributed by atoms with E-state index in [4.69, 9.17) is 4.42 Å². The lowest BCUT2D eigenvalue weighted by Gasteiger charge is -2.11. The highest BCUT2D eigenvalue weighted by Gasteiger charge is 2.25. The molecule has 0 aliphatic heterocycles. The van der Waals surface area contributed by atoms with Crippen LogP contribution in [0.1, 0.15) is 17.7 Å². The van der Waals surface area contributed by atoms with Gasteiger partial charge >= 0.3 is 0 Å². The smallest absolute Gasteiger partial charge is 0.145 e. The van der Waals surface area contributed by atoms with Crippen molar-refractivity contribution in [3.05, 3.63) is 169 Å². The molecule has 0 radical (unpaired) electrons. The molecule has 0 N–H and O–H groups in total. The second kappa shape index (κ2) is 10.4. The largest absolute Gasteiger partial charge is 0.455 e. The molecule has 0 saturated carbocycles. The molecule has 4 heteroatoms. The van der Waals surface area contributed by atoms with Crippen LogP contribution in [0.25, 0.3) is 99.6 Å². The van der Waals surface area contributed by atoms with E-state index in [2.05, 4.69) is 178 Å². The fourth-order valence-corrected chi connectivity index (χ4v) is 9.15. The highest BCUT2D eigenvalue weighted by atomic mass is 16.3. The zero-order valence-electron chi connectivity index (χ0n) is 28.3. The fourth-order valence-electron chi connectivity index (χ4n) is 9.15. The summed E-state index contributed by atoms with van der Waals surface area (Å²) in [6, 6.07) is 54.9. The Morgan fingerprint density at radius 2 is 0.885 bits per heavy atom. The standard InChI is InChI=1S/C48H31N3O/c1-2-12-30(13-3-1)50-41-20-10-6-16-37(41)45-43(50)28-26-35-36-27-29-44-46(48(36)52-47(35)45)38-17-7-11-21-42(38)51(44)32-24-22-31(23-25-32)49-39-18-8-4-14-33(39)34-15-5-9-19-40(34)49/h1-5,7-15,17-29H,6,16H2. The summed E-state index contributed by atoms with van der Waals surface area (Å²) in [4.78, 5) is 0. The lowest BCUT2D eigenvalue weighted by molar-refractivity contribution is 0.676. The average Bonchev–Trinajstić information content (AvgIpc) is 3.94. The Hall–Kier alpha value is -6.78. The summed E-state index contributed by atoms with van der Waals surface area (Å²) < 4.78 is 14.3. The molecular formula is C48H31N3O. The number of hydrogen-bond donors (Lipinski definition) is 0. The first-order chi connectivity index (χ1) is 25.8. The predicted molar refractivity (Wildman–Crippen MR) is 217 cm³/mol. The molecule has 1 aliphatic rings. The van der Waals surface area contributed by atoms with Gasteiger partial charge in [-0.3, -0.25) is 0 Å². The van der Waals surface area contributed by atoms with Gasteiger partial charge in [-0.1, -0.05) is 78.9 Å². The molecule has 0 saturated heterocycles. The number of rotatable bonds is 3. The summed E-state index contributed by atoms with van der Waals surface area (Å²) in [5.74, 6) is 0. The van der Waals surface area contributed by atoms with Crippen LogP contribution in [0.2, 0.25) is 0 Å². The summed E-state index contributed by atoms with van der Waals surface area (Å²) in [6.45, 7) is 0. The Balaban J connectivity index is 1.09. The van der Waals surface area contributed by atoms with Gasteiger partial charge in [0.1, 0.15) is 11.2 Å². The third-order valence-corrected chi connectivity index (χ3v) is 11.3. The monoisotopic (exact) mass is 665 g/mol. The molecule has 0 amide bonds. The van der Waals surface area contributed by atoms with Gasteiger partial charge in [0, 0.05) is 55.1 Å². The van der Waals surface area contributed by atoms with E-state index >= 15 is 0 Å². The first-order valence-corrected chi connectivity index (χ1v) is 18.1. The lowest BCUT2D eigenvalue weighted by atomic mass is 9.99. The second-order valence-corrected chi connectivity index (χ2v) is 14.0. The summed E-state index contributed by atoms with van der Waals surface area (Å²) in [6.07, 6.45) is 6.62. The Bertz CT molecular complexity index is 3220. The molecule has 11 aromatic rings. The molecule has 12 rings (SSSR count). The Kier molecular flexibility index (Phi) is 5.58. The third-order valence-electron chi connectivity index (χ3n) is 11.3. The van der Waals surface area contributed by atoms with Crippen molar-refractivity contribution in [3.63, 3.8) is 0 Å². The topological polar surface area (TPSA) is 27.9 Å². The number of allylic oxidation sites excluding steroid dienone is 1. The zero-order chi connectivity index (χ0) is 33.9. The van der Waals surface area contributed by atoms with Gasteiger partial charge < -0.3 is 18.1 Å². The minimum Gasteiger partial charge on any atom is -0.455 e. The van der Waals surface area contributed by atoms with E-state index in [1.165, 1.54) is 60.4 Å². The number of para-hydroxylation sites is 4. The first kappa shape index (κ1) is 28.0. The Labute approximate surface area is 298 Å². The zero-order valence-corrected chi connectivity index (χ0v) is 28.3. The molecule has 0 unspecified atom stereocenters. The Morgan fingerprint density at radius 3 is 1.54 bits per heavy atom. The van der Waals surface area contributed by atoms with Crippen LogP contribution in [0, 0.1) is 0 Å². The number of aromatic nitrogens is 3. The number of fused-ring (bicyclic) bond motifs is 14. The van der Waals surface area contributed by atoms with Gasteiger partial charge in [-0.05, 0) is 103 Å². The quantitative estimate of drug-likeness (QED) is 0.185. The highest BCUT2D eigenvalue weighted by Crippen LogP contribution is 2.45. The first-order valence-electron chi connectivity index (χ1n) is 18.1. The summed E-state index contributed by atoms with van der Waals surface area (Å²) in [5.41, 5.74) is 13.9. The van der Waals surface area contributed by atoms with E-state index in [0.29, 0.717) is 0 Å². The Morgan fingerprint density at radius 1 is 0.385 bits per heavy atom. The van der Waals surface area contributed by atoms with Crippen molar-refractivity contribution in [2.24, 2.45) is 0 Å². The number of aryl methyl sites for hydroxylation is 1. The van der Waals surface area contributed by atoms with E-state index in [1.54, 1.807) is 0 Å². The number of benzene rings is 7. The van der Waals surface area contributed by atoms with Crippen LogP contribution in [-0.2, 0) is 6.42 Å². The molecule has 4 nitrogen and oxygen atoms in total. The van der Waals surface area contributed by atoms with E-state index in [-0.39, 0.29) is 0 Å². The normalized spacial score (nSPS) is 13.2. The minimum absolute atomic E-state index is 0.949. The van der Waals surface area contributed by atoms with Crippen molar-refractivity contribution < 1.29 is 4.42 Å². The molecule has 52 heavy (non-hydrogen) atoms. The number of hydrogen-bond acceptors (Lipinski definition) is 1. The van der Waals surface area contributed by atoms with Crippen LogP contribution in [0.3, 0.4) is 0 Å². The van der Waals surface area contributed by atoms with E-state index in [1.807, 2.05) is 0 Å². The maximum absolute atomic E-state index is 7.15. The number of nitrogens with zero attached hydrogens (tertiary/aromatic N) is 3. The highest BCUT2D eigenvalue weighted by molar-refractivity contribution is 6.26. The second-order valence-electron chi connectivity index (χ2n) is 14.0. The van der Waals surface area contributed by atoms with E-state index < -0.39 is 0 Å². The third kappa shape index (κ3) is 3.65. The molecule has 244 valence electrons. The van der Waals surface area contributed by atoms with Gasteiger partial charge in [0.05, 0.1) is 33.0 Å². The van der Waals surface area contributed by atoms with Gasteiger partial charge in [0.25, 0.3) is 0 Å². The maximum Gasteiger partial charge on any atom is 0.145 e. The molecule has 4 heterocycles. The van der Waals surface area contributed by atoms with Gasteiger partial charge in [-0.15, -0.1) is 0 Å². The van der Waals surface area contributed by atoms with Crippen LogP contribution in [0.5, 0.6) is 0 Å². The summed E-state index contributed by atoms with van der Waals surface area (Å²) in [7, 11) is 0. The average molecular weight is 666 g/mol. The molecule has 4 aromatic heterocycles. The lowest BCUT2D eigenvalue weighted by Crippen LogP contribution is -1.99. The predicted octanol–water partition coefficient (Wildman–Crippen LogP) is 12.7. The fraction of sp³-hybridized carbons (Fsp3) is 0.0417. The molecule has 7 aromatic carbocycles. The van der Waals surface area contributed by atoms with Gasteiger partial charge in [0.15, 0.2) is 0 Å². The van der Waals surface area contributed by atoms with E-state index in [9.17, 15) is 0 Å². The number of furan rings is 1. The van der Waals surface area contributed by atoms with Crippen LogP contribution in [0.4, 0.5) is 0 Å². The van der Waals surface area contributed by atoms with Gasteiger partial charge in [0.2, 0.25) is 0 Å². The molecule has 0 spiro atoms. The van der Waals surface area contributed by atoms with Crippen molar-refractivity contribution >= 4 is 82.5 Å². The van der Waals surface area contributed by atoms with Crippen LogP contribution >= 0.6 is 0 Å². The maximum atomic E-state index is 7.15. The van der Waals surface area contributed by atoms with Crippen molar-refractivity contribution in [3.8, 4) is 17.1 Å². The van der Waals surface area contributed by atoms with Gasteiger partial charge in [-0.2, -0.15) is 0 Å². The van der Waals surface area contributed by atoms with Crippen LogP contribution < -0.4 is 0 Å². The summed E-state index contributed by atoms with van der Waals surface area (Å²) >= 11 is 0. The van der Waals surface area contributed by atoms with Crippen molar-refractivity contribution in [1.29, 1.82) is 0 Å². The van der Waals surface area contributed by atoms with E-state index in [0.717, 1.165) is 57.2 Å². The SMILES string of the molecule is C1=Cc2c(c3c4oc5c(ccc6c5c5ccccc5n6-c5ccc(-n6c7ccccc7c7ccccc76)cc5)c4ccc3n2-c2ccccc2)CC1. The molecular weight excluding hydrogens is 635 g/mol. The van der Waals surface area contributed by atoms with Crippen molar-refractivity contribution in [2.75, 3.05) is 0 Å². The molecule has 0 atom stereocenters. The van der Waals surface area contributed by atoms with Gasteiger partial charge in [-0.25, -0.2) is 0 Å². The summed E-state index contributed by atoms with van der Waals surface area (Å²) in [5, 5.41) is 8.43.